The van der Waals surface area contributed by atoms with Crippen LogP contribution in [-0.4, -0.2) is 4.98 Å². The summed E-state index contributed by atoms with van der Waals surface area (Å²) in [5, 5.41) is 3.57. The molecule has 74 valence electrons. The predicted molar refractivity (Wildman–Crippen MR) is 61.3 cm³/mol. The van der Waals surface area contributed by atoms with Crippen molar-refractivity contribution < 1.29 is 4.42 Å². The first kappa shape index (κ1) is 8.74. The summed E-state index contributed by atoms with van der Waals surface area (Å²) in [7, 11) is 0. The molecule has 2 heterocycles. The molecule has 0 amide bonds. The smallest absolute Gasteiger partial charge is 0.228 e. The van der Waals surface area contributed by atoms with Crippen LogP contribution in [0.25, 0.3) is 21.9 Å². The van der Waals surface area contributed by atoms with E-state index in [1.165, 1.54) is 0 Å². The molecule has 0 radical (unpaired) electrons. The van der Waals surface area contributed by atoms with Crippen molar-refractivity contribution >= 4 is 33.5 Å². The summed E-state index contributed by atoms with van der Waals surface area (Å²) in [4.78, 5) is 4.22. The number of fused-ring (bicyclic) bond motifs is 3. The number of aromatic nitrogens is 1. The molecule has 2 nitrogen and oxygen atoms in total. The van der Waals surface area contributed by atoms with Crippen molar-refractivity contribution in [2.45, 2.75) is 6.92 Å². The van der Waals surface area contributed by atoms with Crippen LogP contribution in [0, 0.1) is 6.92 Å². The number of hydrogen-bond acceptors (Lipinski definition) is 2. The quantitative estimate of drug-likeness (QED) is 0.533. The summed E-state index contributed by atoms with van der Waals surface area (Å²) < 4.78 is 5.46. The lowest BCUT2D eigenvalue weighted by Crippen LogP contribution is -1.80. The Morgan fingerprint density at radius 1 is 1.13 bits per heavy atom. The van der Waals surface area contributed by atoms with Crippen molar-refractivity contribution in [3.8, 4) is 0 Å². The molecule has 0 N–H and O–H groups in total. The lowest BCUT2D eigenvalue weighted by Gasteiger charge is -1.99. The first-order chi connectivity index (χ1) is 7.25. The van der Waals surface area contributed by atoms with Gasteiger partial charge in [-0.15, -0.1) is 0 Å². The number of hydrogen-bond donors (Lipinski definition) is 0. The van der Waals surface area contributed by atoms with Gasteiger partial charge in [-0.3, -0.25) is 0 Å². The van der Waals surface area contributed by atoms with Crippen LogP contribution in [0.1, 0.15) is 5.76 Å². The number of rotatable bonds is 0. The third-order valence-electron chi connectivity index (χ3n) is 2.47. The third-order valence-corrected chi connectivity index (χ3v) is 2.76. The minimum Gasteiger partial charge on any atom is -0.443 e. The molecule has 0 aliphatic carbocycles. The number of benzene rings is 1. The highest BCUT2D eigenvalue weighted by Gasteiger charge is 2.09. The molecule has 0 saturated carbocycles. The van der Waals surface area contributed by atoms with Gasteiger partial charge >= 0.3 is 0 Å². The molecule has 2 aromatic heterocycles. The van der Waals surface area contributed by atoms with Crippen molar-refractivity contribution in [1.82, 2.24) is 4.98 Å². The van der Waals surface area contributed by atoms with E-state index in [4.69, 9.17) is 16.0 Å². The zero-order valence-corrected chi connectivity index (χ0v) is 8.88. The van der Waals surface area contributed by atoms with Gasteiger partial charge in [-0.25, -0.2) is 4.98 Å². The van der Waals surface area contributed by atoms with Crippen molar-refractivity contribution in [3.05, 3.63) is 41.2 Å². The lowest BCUT2D eigenvalue weighted by atomic mass is 10.1. The second-order valence-electron chi connectivity index (χ2n) is 3.52. The number of nitrogens with zero attached hydrogens (tertiary/aromatic N) is 1. The van der Waals surface area contributed by atoms with E-state index in [9.17, 15) is 0 Å². The Hall–Kier alpha value is -1.54. The second-order valence-corrected chi connectivity index (χ2v) is 3.88. The standard InChI is InChI=1S/C12H8ClNO/c1-7-6-10-8-4-2-3-5-9(8)11(13)14-12(10)15-7/h2-6H,1H3. The highest BCUT2D eigenvalue weighted by atomic mass is 35.5. The normalized spacial score (nSPS) is 11.3. The van der Waals surface area contributed by atoms with Gasteiger partial charge in [-0.1, -0.05) is 35.9 Å². The van der Waals surface area contributed by atoms with Gasteiger partial charge in [0.2, 0.25) is 5.71 Å². The van der Waals surface area contributed by atoms with E-state index in [-0.39, 0.29) is 0 Å². The summed E-state index contributed by atoms with van der Waals surface area (Å²) in [6.45, 7) is 1.91. The first-order valence-electron chi connectivity index (χ1n) is 4.70. The highest BCUT2D eigenvalue weighted by molar-refractivity contribution is 6.35. The van der Waals surface area contributed by atoms with Crippen LogP contribution in [0.3, 0.4) is 0 Å². The Morgan fingerprint density at radius 3 is 2.67 bits per heavy atom. The SMILES string of the molecule is Cc1cc2c(nc(Cl)c3ccccc32)o1. The largest absolute Gasteiger partial charge is 0.443 e. The molecular formula is C12H8ClNO. The fraction of sp³-hybridized carbons (Fsp3) is 0.0833. The summed E-state index contributed by atoms with van der Waals surface area (Å²) in [5.41, 5.74) is 0.608. The molecule has 0 atom stereocenters. The van der Waals surface area contributed by atoms with Gasteiger partial charge in [-0.05, 0) is 18.4 Å². The number of halogens is 1. The molecule has 3 rings (SSSR count). The maximum Gasteiger partial charge on any atom is 0.228 e. The Morgan fingerprint density at radius 2 is 1.87 bits per heavy atom. The van der Waals surface area contributed by atoms with E-state index in [1.807, 2.05) is 37.3 Å². The maximum absolute atomic E-state index is 6.07. The van der Waals surface area contributed by atoms with Crippen molar-refractivity contribution in [3.63, 3.8) is 0 Å². The van der Waals surface area contributed by atoms with Crippen LogP contribution in [0.4, 0.5) is 0 Å². The molecule has 0 bridgehead atoms. The fourth-order valence-electron chi connectivity index (χ4n) is 1.83. The number of aryl methyl sites for hydroxylation is 1. The van der Waals surface area contributed by atoms with Gasteiger partial charge in [-0.2, -0.15) is 0 Å². The molecular weight excluding hydrogens is 210 g/mol. The molecule has 0 unspecified atom stereocenters. The van der Waals surface area contributed by atoms with E-state index in [0.29, 0.717) is 10.9 Å². The van der Waals surface area contributed by atoms with Crippen LogP contribution in [0.2, 0.25) is 5.15 Å². The predicted octanol–water partition coefficient (Wildman–Crippen LogP) is 3.94. The Labute approximate surface area is 91.5 Å². The van der Waals surface area contributed by atoms with Gasteiger partial charge in [0.25, 0.3) is 0 Å². The molecule has 3 heteroatoms. The zero-order chi connectivity index (χ0) is 10.4. The maximum atomic E-state index is 6.07. The monoisotopic (exact) mass is 217 g/mol. The summed E-state index contributed by atoms with van der Waals surface area (Å²) in [6, 6.07) is 9.92. The molecule has 15 heavy (non-hydrogen) atoms. The highest BCUT2D eigenvalue weighted by Crippen LogP contribution is 2.30. The van der Waals surface area contributed by atoms with E-state index in [2.05, 4.69) is 4.98 Å². The third kappa shape index (κ3) is 1.22. The Balaban J connectivity index is 2.62. The first-order valence-corrected chi connectivity index (χ1v) is 5.08. The molecule has 0 aliphatic heterocycles. The van der Waals surface area contributed by atoms with Gasteiger partial charge in [0, 0.05) is 10.8 Å². The zero-order valence-electron chi connectivity index (χ0n) is 8.12. The molecule has 0 fully saturated rings. The van der Waals surface area contributed by atoms with Crippen molar-refractivity contribution in [1.29, 1.82) is 0 Å². The summed E-state index contributed by atoms with van der Waals surface area (Å²) in [5.74, 6) is 0.852. The van der Waals surface area contributed by atoms with E-state index in [1.54, 1.807) is 0 Å². The molecule has 1 aromatic carbocycles. The summed E-state index contributed by atoms with van der Waals surface area (Å²) >= 11 is 6.07. The van der Waals surface area contributed by atoms with Gasteiger partial charge in [0.15, 0.2) is 0 Å². The van der Waals surface area contributed by atoms with E-state index in [0.717, 1.165) is 21.9 Å². The van der Waals surface area contributed by atoms with Gasteiger partial charge in [0.05, 0.1) is 0 Å². The van der Waals surface area contributed by atoms with Crippen molar-refractivity contribution in [2.75, 3.05) is 0 Å². The lowest BCUT2D eigenvalue weighted by molar-refractivity contribution is 0.568. The molecule has 3 aromatic rings. The minimum atomic E-state index is 0.493. The fourth-order valence-corrected chi connectivity index (χ4v) is 2.07. The van der Waals surface area contributed by atoms with Gasteiger partial charge < -0.3 is 4.42 Å². The number of furan rings is 1. The summed E-state index contributed by atoms with van der Waals surface area (Å²) in [6.07, 6.45) is 0. The van der Waals surface area contributed by atoms with E-state index < -0.39 is 0 Å². The average molecular weight is 218 g/mol. The van der Waals surface area contributed by atoms with Gasteiger partial charge in [0.1, 0.15) is 10.9 Å². The molecule has 0 saturated heterocycles. The van der Waals surface area contributed by atoms with Crippen molar-refractivity contribution in [2.24, 2.45) is 0 Å². The second kappa shape index (κ2) is 2.97. The topological polar surface area (TPSA) is 26.0 Å². The number of pyridine rings is 1. The van der Waals surface area contributed by atoms with Crippen LogP contribution < -0.4 is 0 Å². The Bertz CT molecular complexity index is 657. The Kier molecular flexibility index (Phi) is 1.73. The van der Waals surface area contributed by atoms with E-state index >= 15 is 0 Å². The molecule has 0 aliphatic rings. The van der Waals surface area contributed by atoms with Crippen LogP contribution >= 0.6 is 11.6 Å². The van der Waals surface area contributed by atoms with Crippen LogP contribution in [-0.2, 0) is 0 Å². The molecule has 0 spiro atoms. The van der Waals surface area contributed by atoms with Crippen LogP contribution in [0.5, 0.6) is 0 Å². The minimum absolute atomic E-state index is 0.493. The average Bonchev–Trinajstić information content (AvgIpc) is 2.59. The van der Waals surface area contributed by atoms with Crippen LogP contribution in [0.15, 0.2) is 34.7 Å².